The maximum Gasteiger partial charge on any atom is 0.414 e. The Morgan fingerprint density at radius 1 is 1.58 bits per heavy atom. The lowest BCUT2D eigenvalue weighted by Crippen LogP contribution is -2.39. The smallest absolute Gasteiger partial charge is 0.414 e. The van der Waals surface area contributed by atoms with Gasteiger partial charge in [0.1, 0.15) is 11.9 Å². The fraction of sp³-hybridized carbons (Fsp3) is 0.438. The van der Waals surface area contributed by atoms with Gasteiger partial charge in [0, 0.05) is 19.9 Å². The van der Waals surface area contributed by atoms with Crippen LogP contribution in [0.4, 0.5) is 14.9 Å². The lowest BCUT2D eigenvalue weighted by molar-refractivity contribution is 0.143. The van der Waals surface area contributed by atoms with Crippen LogP contribution in [-0.2, 0) is 10.3 Å². The number of anilines is 1. The molecule has 3 rings (SSSR count). The number of halogens is 1. The summed E-state index contributed by atoms with van der Waals surface area (Å²) in [5, 5.41) is 6.17. The Kier molecular flexibility index (Phi) is 4.28. The van der Waals surface area contributed by atoms with E-state index in [2.05, 4.69) is 15.5 Å². The minimum Gasteiger partial charge on any atom is -0.442 e. The summed E-state index contributed by atoms with van der Waals surface area (Å²) in [4.78, 5) is 16.9. The lowest BCUT2D eigenvalue weighted by atomic mass is 10.0. The Hall–Kier alpha value is -2.40. The van der Waals surface area contributed by atoms with Crippen LogP contribution in [-0.4, -0.2) is 37.4 Å². The Labute approximate surface area is 144 Å². The number of ether oxygens (including phenoxy) is 1. The van der Waals surface area contributed by atoms with E-state index in [1.54, 1.807) is 19.2 Å². The van der Waals surface area contributed by atoms with Crippen molar-refractivity contribution in [3.05, 3.63) is 41.0 Å². The summed E-state index contributed by atoms with van der Waals surface area (Å²) in [6.45, 7) is 7.92. The summed E-state index contributed by atoms with van der Waals surface area (Å²) in [6.07, 6.45) is 0.468. The first-order chi connectivity index (χ1) is 11.5. The molecule has 0 aromatic heterocycles. The predicted octanol–water partition coefficient (Wildman–Crippen LogP) is 2.15. The first-order valence-electron chi connectivity index (χ1n) is 7.61. The number of cyclic esters (lactones) is 1. The molecule has 0 spiro atoms. The van der Waals surface area contributed by atoms with Gasteiger partial charge in [-0.05, 0) is 30.4 Å². The number of nitrogens with one attached hydrogen (secondary N) is 2. The number of carbonyl (C=O) groups is 1. The van der Waals surface area contributed by atoms with Crippen LogP contribution in [0.5, 0.6) is 0 Å². The van der Waals surface area contributed by atoms with Gasteiger partial charge in [-0.3, -0.25) is 4.90 Å². The van der Waals surface area contributed by atoms with Crippen molar-refractivity contribution >= 4 is 29.1 Å². The first-order valence-corrected chi connectivity index (χ1v) is 8.02. The maximum atomic E-state index is 14.4. The molecule has 126 valence electrons. The summed E-state index contributed by atoms with van der Waals surface area (Å²) in [5.41, 5.74) is 0.135. The number of carbonyl (C=O) groups excluding carboxylic acids is 1. The van der Waals surface area contributed by atoms with Crippen LogP contribution < -0.4 is 15.5 Å². The summed E-state index contributed by atoms with van der Waals surface area (Å²) < 4.78 is 19.7. The molecule has 1 saturated heterocycles. The van der Waals surface area contributed by atoms with Crippen molar-refractivity contribution in [2.45, 2.75) is 24.5 Å². The molecule has 8 heteroatoms. The zero-order valence-electron chi connectivity index (χ0n) is 13.1. The average molecular weight is 348 g/mol. The third-order valence-electron chi connectivity index (χ3n) is 4.29. The molecule has 2 fully saturated rings. The molecular formula is C16H17FN4O2S. The van der Waals surface area contributed by atoms with Crippen LogP contribution in [0.1, 0.15) is 18.4 Å². The Morgan fingerprint density at radius 2 is 2.33 bits per heavy atom. The van der Waals surface area contributed by atoms with Crippen molar-refractivity contribution in [1.82, 2.24) is 10.6 Å². The minimum atomic E-state index is -0.705. The van der Waals surface area contributed by atoms with Gasteiger partial charge in [0.2, 0.25) is 0 Å². The number of amides is 1. The van der Waals surface area contributed by atoms with Crippen molar-refractivity contribution in [2.75, 3.05) is 25.0 Å². The van der Waals surface area contributed by atoms with Gasteiger partial charge in [-0.15, -0.1) is 0 Å². The third kappa shape index (κ3) is 2.99. The predicted molar refractivity (Wildman–Crippen MR) is 91.2 cm³/mol. The van der Waals surface area contributed by atoms with Crippen LogP contribution in [0.25, 0.3) is 4.85 Å². The Balaban J connectivity index is 1.71. The van der Waals surface area contributed by atoms with Crippen LogP contribution in [0.2, 0.25) is 0 Å². The van der Waals surface area contributed by atoms with Crippen LogP contribution in [0.15, 0.2) is 18.2 Å². The van der Waals surface area contributed by atoms with Crippen LogP contribution in [0, 0.1) is 12.4 Å². The number of nitrogens with zero attached hydrogens (tertiary/aromatic N) is 2. The van der Waals surface area contributed by atoms with Gasteiger partial charge in [0.15, 0.2) is 5.11 Å². The highest BCUT2D eigenvalue weighted by molar-refractivity contribution is 7.80. The summed E-state index contributed by atoms with van der Waals surface area (Å²) in [6, 6.07) is 4.57. The van der Waals surface area contributed by atoms with E-state index in [4.69, 9.17) is 23.5 Å². The zero-order chi connectivity index (χ0) is 17.3. The molecule has 24 heavy (non-hydrogen) atoms. The molecule has 2 N–H and O–H groups in total. The summed E-state index contributed by atoms with van der Waals surface area (Å²) >= 11 is 4.98. The molecular weight excluding hydrogens is 331 g/mol. The normalized spacial score (nSPS) is 21.0. The van der Waals surface area contributed by atoms with E-state index >= 15 is 0 Å². The Morgan fingerprint density at radius 3 is 2.92 bits per heavy atom. The molecule has 0 radical (unpaired) electrons. The fourth-order valence-electron chi connectivity index (χ4n) is 2.74. The van der Waals surface area contributed by atoms with Crippen molar-refractivity contribution in [1.29, 1.82) is 0 Å². The average Bonchev–Trinajstić information content (AvgIpc) is 3.29. The van der Waals surface area contributed by atoms with Crippen molar-refractivity contribution in [3.63, 3.8) is 0 Å². The van der Waals surface area contributed by atoms with Gasteiger partial charge in [-0.1, -0.05) is 0 Å². The molecule has 6 nitrogen and oxygen atoms in total. The van der Waals surface area contributed by atoms with Crippen molar-refractivity contribution in [3.8, 4) is 0 Å². The largest absolute Gasteiger partial charge is 0.442 e. The first kappa shape index (κ1) is 16.5. The highest BCUT2D eigenvalue weighted by Crippen LogP contribution is 2.50. The number of hydrogen-bond donors (Lipinski definition) is 2. The van der Waals surface area contributed by atoms with Gasteiger partial charge in [-0.2, -0.15) is 0 Å². The second-order valence-corrected chi connectivity index (χ2v) is 6.29. The molecule has 1 aliphatic carbocycles. The molecule has 1 aromatic carbocycles. The lowest BCUT2D eigenvalue weighted by Gasteiger charge is -2.15. The van der Waals surface area contributed by atoms with Gasteiger partial charge in [0.05, 0.1) is 24.3 Å². The van der Waals surface area contributed by atoms with Crippen LogP contribution in [0.3, 0.4) is 0 Å². The van der Waals surface area contributed by atoms with E-state index in [-0.39, 0.29) is 6.10 Å². The molecule has 0 unspecified atom stereocenters. The van der Waals surface area contributed by atoms with Gasteiger partial charge >= 0.3 is 6.09 Å². The summed E-state index contributed by atoms with van der Waals surface area (Å²) in [5.74, 6) is -0.452. The molecule has 1 aliphatic heterocycles. The quantitative estimate of drug-likeness (QED) is 0.645. The number of rotatable bonds is 4. The molecule has 1 aromatic rings. The molecule has 1 saturated carbocycles. The molecule has 1 heterocycles. The van der Waals surface area contributed by atoms with Crippen LogP contribution >= 0.6 is 12.2 Å². The van der Waals surface area contributed by atoms with E-state index in [1.165, 1.54) is 11.0 Å². The molecule has 1 amide bonds. The number of hydrogen-bond acceptors (Lipinski definition) is 3. The molecule has 1 atom stereocenters. The number of thiocarbonyl (C=S) groups is 1. The number of benzene rings is 1. The van der Waals surface area contributed by atoms with E-state index in [1.807, 2.05) is 0 Å². The minimum absolute atomic E-state index is 0.310. The highest BCUT2D eigenvalue weighted by atomic mass is 32.1. The maximum absolute atomic E-state index is 14.4. The second-order valence-electron chi connectivity index (χ2n) is 5.88. The van der Waals surface area contributed by atoms with E-state index in [9.17, 15) is 9.18 Å². The van der Waals surface area contributed by atoms with E-state index in [0.29, 0.717) is 42.3 Å². The third-order valence-corrected chi connectivity index (χ3v) is 4.64. The second kappa shape index (κ2) is 6.24. The summed E-state index contributed by atoms with van der Waals surface area (Å²) in [7, 11) is 1.70. The fourth-order valence-corrected chi connectivity index (χ4v) is 2.83. The highest BCUT2D eigenvalue weighted by Gasteiger charge is 2.54. The Bertz CT molecular complexity index is 729. The standard InChI is InChI=1S/C16H17FN4O2S/c1-18-14(24)20-8-11-9-21(15(22)23-11)10-3-4-12(13(17)7-10)16(19-2)5-6-16/h3-4,7,11H,5-6,8-9H2,1H3,(H2,18,20,24)/t11-/m0/s1. The van der Waals surface area contributed by atoms with Gasteiger partial charge in [-0.25, -0.2) is 15.8 Å². The van der Waals surface area contributed by atoms with Gasteiger partial charge in [0.25, 0.3) is 5.54 Å². The van der Waals surface area contributed by atoms with E-state index in [0.717, 1.165) is 0 Å². The monoisotopic (exact) mass is 348 g/mol. The molecule has 2 aliphatic rings. The van der Waals surface area contributed by atoms with Crippen molar-refractivity contribution in [2.24, 2.45) is 0 Å². The van der Waals surface area contributed by atoms with E-state index < -0.39 is 17.4 Å². The SMILES string of the molecule is [C-]#[N+]C1(c2ccc(N3C[C@H](CNC(=S)NC)OC3=O)cc2F)CC1. The van der Waals surface area contributed by atoms with Gasteiger partial charge < -0.3 is 20.2 Å². The molecule has 0 bridgehead atoms. The van der Waals surface area contributed by atoms with Crippen molar-refractivity contribution < 1.29 is 13.9 Å². The zero-order valence-corrected chi connectivity index (χ0v) is 14.0. The topological polar surface area (TPSA) is 58.0 Å².